The zero-order valence-corrected chi connectivity index (χ0v) is 11.8. The van der Waals surface area contributed by atoms with Crippen LogP contribution in [-0.2, 0) is 4.74 Å². The van der Waals surface area contributed by atoms with Gasteiger partial charge in [-0.3, -0.25) is 0 Å². The number of anilines is 2. The van der Waals surface area contributed by atoms with Gasteiger partial charge >= 0.3 is 0 Å². The quantitative estimate of drug-likeness (QED) is 0.816. The summed E-state index contributed by atoms with van der Waals surface area (Å²) < 4.78 is 6.25. The van der Waals surface area contributed by atoms with Gasteiger partial charge in [0.1, 0.15) is 0 Å². The molecule has 0 bridgehead atoms. The number of nitrogens with zero attached hydrogens (tertiary/aromatic N) is 1. The minimum Gasteiger partial charge on any atom is -0.397 e. The number of hydrogen-bond donors (Lipinski definition) is 2. The summed E-state index contributed by atoms with van der Waals surface area (Å²) in [6.45, 7) is 5.73. The van der Waals surface area contributed by atoms with Crippen LogP contribution in [0.3, 0.4) is 0 Å². The number of hydrogen-bond acceptors (Lipinski definition) is 5. The van der Waals surface area contributed by atoms with Gasteiger partial charge in [0.2, 0.25) is 0 Å². The van der Waals surface area contributed by atoms with Crippen molar-refractivity contribution in [3.63, 3.8) is 0 Å². The van der Waals surface area contributed by atoms with Crippen molar-refractivity contribution >= 4 is 32.9 Å². The molecular weight excluding hydrogens is 246 g/mol. The van der Waals surface area contributed by atoms with E-state index in [9.17, 15) is 0 Å². The van der Waals surface area contributed by atoms with E-state index in [1.54, 1.807) is 18.4 Å². The highest BCUT2D eigenvalue weighted by molar-refractivity contribution is 7.18. The molecule has 0 radical (unpaired) electrons. The summed E-state index contributed by atoms with van der Waals surface area (Å²) in [6, 6.07) is 4.01. The molecular formula is C13H19N3OS. The van der Waals surface area contributed by atoms with E-state index in [2.05, 4.69) is 17.2 Å². The fraction of sp³-hybridized carbons (Fsp3) is 0.462. The lowest BCUT2D eigenvalue weighted by Crippen LogP contribution is -2.16. The normalized spacial score (nSPS) is 12.8. The van der Waals surface area contributed by atoms with E-state index in [1.165, 1.54) is 0 Å². The molecule has 5 heteroatoms. The summed E-state index contributed by atoms with van der Waals surface area (Å²) in [4.78, 5) is 4.48. The number of nitrogen functional groups attached to an aromatic ring is 1. The van der Waals surface area contributed by atoms with Crippen molar-refractivity contribution in [1.29, 1.82) is 0 Å². The fourth-order valence-corrected chi connectivity index (χ4v) is 2.74. The number of aryl methyl sites for hydroxylation is 1. The molecule has 1 unspecified atom stereocenters. The van der Waals surface area contributed by atoms with Gasteiger partial charge < -0.3 is 15.8 Å². The first-order valence-electron chi connectivity index (χ1n) is 5.99. The smallest absolute Gasteiger partial charge is 0.0907 e. The van der Waals surface area contributed by atoms with Crippen LogP contribution in [-0.4, -0.2) is 25.2 Å². The lowest BCUT2D eigenvalue weighted by Gasteiger charge is -2.14. The first kappa shape index (κ1) is 13.1. The SMILES string of the molecule is COCC(C)CNc1cc2nc(C)sc2cc1N. The molecule has 0 spiro atoms. The average molecular weight is 265 g/mol. The van der Waals surface area contributed by atoms with Crippen molar-refractivity contribution in [3.8, 4) is 0 Å². The molecule has 98 valence electrons. The Morgan fingerprint density at radius 1 is 1.50 bits per heavy atom. The summed E-state index contributed by atoms with van der Waals surface area (Å²) in [6.07, 6.45) is 0. The topological polar surface area (TPSA) is 60.2 Å². The molecule has 0 saturated heterocycles. The summed E-state index contributed by atoms with van der Waals surface area (Å²) in [7, 11) is 1.72. The second kappa shape index (κ2) is 5.54. The minimum atomic E-state index is 0.447. The van der Waals surface area contributed by atoms with Gasteiger partial charge in [-0.1, -0.05) is 6.92 Å². The van der Waals surface area contributed by atoms with Crippen LogP contribution in [0.2, 0.25) is 0 Å². The van der Waals surface area contributed by atoms with E-state index in [0.717, 1.165) is 39.8 Å². The zero-order valence-electron chi connectivity index (χ0n) is 11.0. The van der Waals surface area contributed by atoms with E-state index in [-0.39, 0.29) is 0 Å². The second-order valence-electron chi connectivity index (χ2n) is 4.58. The Kier molecular flexibility index (Phi) is 4.04. The Balaban J connectivity index is 2.14. The number of rotatable bonds is 5. The van der Waals surface area contributed by atoms with Gasteiger partial charge in [0.15, 0.2) is 0 Å². The molecule has 2 aromatic rings. The summed E-state index contributed by atoms with van der Waals surface area (Å²) in [5, 5.41) is 4.42. The molecule has 0 amide bonds. The average Bonchev–Trinajstić information content (AvgIpc) is 2.65. The van der Waals surface area contributed by atoms with Gasteiger partial charge in [-0.05, 0) is 25.0 Å². The zero-order chi connectivity index (χ0) is 13.1. The summed E-state index contributed by atoms with van der Waals surface area (Å²) >= 11 is 1.67. The third kappa shape index (κ3) is 2.91. The molecule has 1 atom stereocenters. The standard InChI is InChI=1S/C13H19N3OS/c1-8(7-17-3)6-15-11-5-12-13(4-10(11)14)18-9(2)16-12/h4-5,8,15H,6-7,14H2,1-3H3. The molecule has 1 aromatic heterocycles. The van der Waals surface area contributed by atoms with Crippen LogP contribution in [0.5, 0.6) is 0 Å². The highest BCUT2D eigenvalue weighted by Crippen LogP contribution is 2.29. The number of nitrogens with two attached hydrogens (primary N) is 1. The Bertz CT molecular complexity index is 538. The summed E-state index contributed by atoms with van der Waals surface area (Å²) in [5.74, 6) is 0.447. The van der Waals surface area contributed by atoms with Crippen molar-refractivity contribution in [2.24, 2.45) is 5.92 Å². The number of methoxy groups -OCH3 is 1. The van der Waals surface area contributed by atoms with Crippen LogP contribution in [0.25, 0.3) is 10.2 Å². The van der Waals surface area contributed by atoms with Gasteiger partial charge in [-0.15, -0.1) is 11.3 Å². The van der Waals surface area contributed by atoms with Crippen LogP contribution >= 0.6 is 11.3 Å². The predicted molar refractivity (Wildman–Crippen MR) is 78.3 cm³/mol. The maximum Gasteiger partial charge on any atom is 0.0907 e. The van der Waals surface area contributed by atoms with Crippen LogP contribution < -0.4 is 11.1 Å². The molecule has 0 aliphatic carbocycles. The van der Waals surface area contributed by atoms with Crippen molar-refractivity contribution < 1.29 is 4.74 Å². The number of aromatic nitrogens is 1. The number of fused-ring (bicyclic) bond motifs is 1. The van der Waals surface area contributed by atoms with Crippen LogP contribution in [0, 0.1) is 12.8 Å². The molecule has 2 rings (SSSR count). The van der Waals surface area contributed by atoms with Gasteiger partial charge in [0.25, 0.3) is 0 Å². The van der Waals surface area contributed by atoms with Crippen molar-refractivity contribution in [2.75, 3.05) is 31.3 Å². The van der Waals surface area contributed by atoms with E-state index < -0.39 is 0 Å². The molecule has 1 aromatic carbocycles. The highest BCUT2D eigenvalue weighted by Gasteiger charge is 2.07. The molecule has 1 heterocycles. The summed E-state index contributed by atoms with van der Waals surface area (Å²) in [5.41, 5.74) is 8.78. The van der Waals surface area contributed by atoms with Gasteiger partial charge in [0.05, 0.1) is 33.2 Å². The number of benzene rings is 1. The number of nitrogens with one attached hydrogen (secondary N) is 1. The number of thiazole rings is 1. The molecule has 0 aliphatic heterocycles. The largest absolute Gasteiger partial charge is 0.397 e. The van der Waals surface area contributed by atoms with E-state index in [4.69, 9.17) is 10.5 Å². The van der Waals surface area contributed by atoms with Crippen LogP contribution in [0.4, 0.5) is 11.4 Å². The maximum atomic E-state index is 6.04. The van der Waals surface area contributed by atoms with E-state index in [1.807, 2.05) is 19.1 Å². The molecule has 4 nitrogen and oxygen atoms in total. The third-order valence-corrected chi connectivity index (χ3v) is 3.69. The molecule has 0 aliphatic rings. The van der Waals surface area contributed by atoms with Gasteiger partial charge in [0, 0.05) is 13.7 Å². The lowest BCUT2D eigenvalue weighted by atomic mass is 10.2. The molecule has 18 heavy (non-hydrogen) atoms. The van der Waals surface area contributed by atoms with Crippen molar-refractivity contribution in [1.82, 2.24) is 4.98 Å². The first-order valence-corrected chi connectivity index (χ1v) is 6.81. The monoisotopic (exact) mass is 265 g/mol. The molecule has 3 N–H and O–H groups in total. The molecule has 0 fully saturated rings. The predicted octanol–water partition coefficient (Wildman–Crippen LogP) is 2.88. The third-order valence-electron chi connectivity index (χ3n) is 2.76. The van der Waals surface area contributed by atoms with Crippen LogP contribution in [0.1, 0.15) is 11.9 Å². The lowest BCUT2D eigenvalue weighted by molar-refractivity contribution is 0.164. The fourth-order valence-electron chi connectivity index (χ4n) is 1.89. The maximum absolute atomic E-state index is 6.04. The van der Waals surface area contributed by atoms with E-state index >= 15 is 0 Å². The minimum absolute atomic E-state index is 0.447. The van der Waals surface area contributed by atoms with Gasteiger partial charge in [-0.2, -0.15) is 0 Å². The Hall–Kier alpha value is -1.33. The van der Waals surface area contributed by atoms with Gasteiger partial charge in [-0.25, -0.2) is 4.98 Å². The van der Waals surface area contributed by atoms with Crippen molar-refractivity contribution in [2.45, 2.75) is 13.8 Å². The Morgan fingerprint density at radius 2 is 2.28 bits per heavy atom. The first-order chi connectivity index (χ1) is 8.60. The van der Waals surface area contributed by atoms with Crippen LogP contribution in [0.15, 0.2) is 12.1 Å². The second-order valence-corrected chi connectivity index (χ2v) is 5.82. The van der Waals surface area contributed by atoms with Crippen molar-refractivity contribution in [3.05, 3.63) is 17.1 Å². The Morgan fingerprint density at radius 3 is 3.00 bits per heavy atom. The Labute approximate surface area is 111 Å². The van der Waals surface area contributed by atoms with E-state index in [0.29, 0.717) is 5.92 Å². The number of ether oxygens (including phenoxy) is 1. The highest BCUT2D eigenvalue weighted by atomic mass is 32.1. The molecule has 0 saturated carbocycles.